The lowest BCUT2D eigenvalue weighted by Gasteiger charge is -2.11. The van der Waals surface area contributed by atoms with Crippen LogP contribution in [0.25, 0.3) is 10.2 Å². The van der Waals surface area contributed by atoms with Crippen LogP contribution in [-0.2, 0) is 14.3 Å². The Morgan fingerprint density at radius 1 is 1.13 bits per heavy atom. The average molecular weight is 447 g/mol. The number of thioether (sulfide) groups is 1. The fraction of sp³-hybridized carbons (Fsp3) is 0.286. The van der Waals surface area contributed by atoms with Crippen LogP contribution in [0, 0.1) is 0 Å². The maximum absolute atomic E-state index is 12.1. The van der Waals surface area contributed by atoms with Crippen molar-refractivity contribution in [2.75, 3.05) is 31.9 Å². The molecule has 2 aromatic carbocycles. The summed E-state index contributed by atoms with van der Waals surface area (Å²) in [7, 11) is 3.04. The number of aromatic nitrogens is 1. The lowest BCUT2D eigenvalue weighted by Crippen LogP contribution is -2.21. The molecule has 0 saturated heterocycles. The number of nitrogens with zero attached hydrogens (tertiary/aromatic N) is 1. The number of benzene rings is 2. The van der Waals surface area contributed by atoms with Crippen LogP contribution in [0.2, 0.25) is 0 Å². The van der Waals surface area contributed by atoms with E-state index in [1.807, 2.05) is 24.3 Å². The third-order valence-electron chi connectivity index (χ3n) is 4.07. The number of anilines is 1. The van der Waals surface area contributed by atoms with Gasteiger partial charge in [0.2, 0.25) is 0 Å². The summed E-state index contributed by atoms with van der Waals surface area (Å²) in [6, 6.07) is 13.0. The summed E-state index contributed by atoms with van der Waals surface area (Å²) in [5, 5.41) is 2.66. The summed E-state index contributed by atoms with van der Waals surface area (Å²) in [4.78, 5) is 28.5. The lowest BCUT2D eigenvalue weighted by molar-refractivity contribution is -0.147. The van der Waals surface area contributed by atoms with E-state index in [1.54, 1.807) is 48.4 Å². The van der Waals surface area contributed by atoms with Crippen LogP contribution in [0.1, 0.15) is 12.8 Å². The molecule has 3 rings (SSSR count). The summed E-state index contributed by atoms with van der Waals surface area (Å²) in [5.41, 5.74) is 1.47. The zero-order valence-corrected chi connectivity index (χ0v) is 18.3. The summed E-state index contributed by atoms with van der Waals surface area (Å²) < 4.78 is 17.5. The Hall–Kier alpha value is -2.78. The van der Waals surface area contributed by atoms with Crippen molar-refractivity contribution in [1.82, 2.24) is 4.98 Å². The van der Waals surface area contributed by atoms with Crippen molar-refractivity contribution >= 4 is 50.9 Å². The molecule has 0 atom stereocenters. The fourth-order valence-corrected chi connectivity index (χ4v) is 4.67. The fourth-order valence-electron chi connectivity index (χ4n) is 2.60. The van der Waals surface area contributed by atoms with Crippen LogP contribution < -0.4 is 14.8 Å². The molecule has 0 spiro atoms. The number of thiazole rings is 1. The molecule has 0 aliphatic rings. The van der Waals surface area contributed by atoms with Gasteiger partial charge in [-0.15, -0.1) is 11.3 Å². The topological polar surface area (TPSA) is 86.8 Å². The second-order valence-corrected chi connectivity index (χ2v) is 8.55. The number of nitrogens with one attached hydrogen (secondary N) is 1. The van der Waals surface area contributed by atoms with Gasteiger partial charge in [0.1, 0.15) is 11.5 Å². The minimum absolute atomic E-state index is 0.247. The number of hydrogen-bond donors (Lipinski definition) is 1. The molecular formula is C21H22N2O5S2. The number of amides is 1. The van der Waals surface area contributed by atoms with Gasteiger partial charge in [0.25, 0.3) is 5.91 Å². The summed E-state index contributed by atoms with van der Waals surface area (Å²) in [6.45, 7) is -0.348. The molecule has 1 N–H and O–H groups in total. The Kier molecular flexibility index (Phi) is 7.92. The molecule has 0 aliphatic heterocycles. The first kappa shape index (κ1) is 21.9. The molecule has 9 heteroatoms. The SMILES string of the molecule is COc1ccc(NC(=O)COC(=O)CCCSc2nc3ccccc3s2)c(OC)c1. The Bertz CT molecular complexity index is 989. The minimum atomic E-state index is -0.435. The molecule has 3 aromatic rings. The molecule has 158 valence electrons. The van der Waals surface area contributed by atoms with Gasteiger partial charge >= 0.3 is 5.97 Å². The van der Waals surface area contributed by atoms with Gasteiger partial charge in [-0.05, 0) is 30.7 Å². The second kappa shape index (κ2) is 10.8. The molecule has 0 saturated carbocycles. The van der Waals surface area contributed by atoms with E-state index in [4.69, 9.17) is 14.2 Å². The third kappa shape index (κ3) is 6.11. The number of methoxy groups -OCH3 is 2. The predicted octanol–water partition coefficient (Wildman–Crippen LogP) is 4.37. The zero-order chi connectivity index (χ0) is 21.3. The van der Waals surface area contributed by atoms with E-state index in [9.17, 15) is 9.59 Å². The molecule has 0 radical (unpaired) electrons. The molecule has 0 bridgehead atoms. The zero-order valence-electron chi connectivity index (χ0n) is 16.7. The number of carbonyl (C=O) groups is 2. The van der Waals surface area contributed by atoms with Gasteiger partial charge in [-0.2, -0.15) is 0 Å². The van der Waals surface area contributed by atoms with Crippen LogP contribution in [-0.4, -0.2) is 43.4 Å². The number of esters is 1. The van der Waals surface area contributed by atoms with Crippen molar-refractivity contribution in [3.05, 3.63) is 42.5 Å². The average Bonchev–Trinajstić information content (AvgIpc) is 3.18. The largest absolute Gasteiger partial charge is 0.497 e. The van der Waals surface area contributed by atoms with Gasteiger partial charge < -0.3 is 19.5 Å². The maximum Gasteiger partial charge on any atom is 0.306 e. The quantitative estimate of drug-likeness (QED) is 0.281. The Balaban J connectivity index is 1.36. The van der Waals surface area contributed by atoms with Crippen LogP contribution >= 0.6 is 23.1 Å². The van der Waals surface area contributed by atoms with E-state index < -0.39 is 11.9 Å². The Labute approximate surface area is 182 Å². The highest BCUT2D eigenvalue weighted by Gasteiger charge is 2.12. The summed E-state index contributed by atoms with van der Waals surface area (Å²) in [5.74, 6) is 0.984. The van der Waals surface area contributed by atoms with E-state index in [0.717, 1.165) is 20.3 Å². The number of rotatable bonds is 10. The summed E-state index contributed by atoms with van der Waals surface area (Å²) in [6.07, 6.45) is 0.893. The van der Waals surface area contributed by atoms with Crippen molar-refractivity contribution in [2.24, 2.45) is 0 Å². The first-order valence-corrected chi connectivity index (χ1v) is 11.0. The molecular weight excluding hydrogens is 424 g/mol. The van der Waals surface area contributed by atoms with E-state index >= 15 is 0 Å². The van der Waals surface area contributed by atoms with Gasteiger partial charge in [-0.3, -0.25) is 9.59 Å². The number of carbonyl (C=O) groups excluding carboxylic acids is 2. The van der Waals surface area contributed by atoms with Crippen LogP contribution in [0.5, 0.6) is 11.5 Å². The first-order valence-electron chi connectivity index (χ1n) is 9.25. The van der Waals surface area contributed by atoms with Gasteiger partial charge in [0.15, 0.2) is 10.9 Å². The number of fused-ring (bicyclic) bond motifs is 1. The van der Waals surface area contributed by atoms with Crippen LogP contribution in [0.15, 0.2) is 46.8 Å². The van der Waals surface area contributed by atoms with Gasteiger partial charge in [0, 0.05) is 18.2 Å². The van der Waals surface area contributed by atoms with E-state index in [0.29, 0.717) is 23.6 Å². The highest BCUT2D eigenvalue weighted by molar-refractivity contribution is 8.01. The lowest BCUT2D eigenvalue weighted by atomic mass is 10.2. The first-order chi connectivity index (χ1) is 14.6. The predicted molar refractivity (Wildman–Crippen MR) is 119 cm³/mol. The molecule has 0 fully saturated rings. The monoisotopic (exact) mass is 446 g/mol. The van der Waals surface area contributed by atoms with Crippen molar-refractivity contribution in [3.63, 3.8) is 0 Å². The van der Waals surface area contributed by atoms with Gasteiger partial charge in [-0.25, -0.2) is 4.98 Å². The molecule has 0 aliphatic carbocycles. The van der Waals surface area contributed by atoms with Crippen molar-refractivity contribution in [1.29, 1.82) is 0 Å². The molecule has 0 unspecified atom stereocenters. The second-order valence-electron chi connectivity index (χ2n) is 6.17. The molecule has 7 nitrogen and oxygen atoms in total. The van der Waals surface area contributed by atoms with Crippen molar-refractivity contribution < 1.29 is 23.8 Å². The minimum Gasteiger partial charge on any atom is -0.497 e. The normalized spacial score (nSPS) is 10.6. The van der Waals surface area contributed by atoms with Crippen molar-refractivity contribution in [2.45, 2.75) is 17.2 Å². The smallest absolute Gasteiger partial charge is 0.306 e. The van der Waals surface area contributed by atoms with Crippen molar-refractivity contribution in [3.8, 4) is 11.5 Å². The molecule has 30 heavy (non-hydrogen) atoms. The Morgan fingerprint density at radius 2 is 1.97 bits per heavy atom. The van der Waals surface area contributed by atoms with Gasteiger partial charge in [-0.1, -0.05) is 23.9 Å². The van der Waals surface area contributed by atoms with Gasteiger partial charge in [0.05, 0.1) is 30.1 Å². The molecule has 1 aromatic heterocycles. The highest BCUT2D eigenvalue weighted by atomic mass is 32.2. The molecule has 1 amide bonds. The standard InChI is InChI=1S/C21H22N2O5S2/c1-26-14-9-10-15(17(12-14)27-2)22-19(24)13-28-20(25)8-5-11-29-21-23-16-6-3-4-7-18(16)30-21/h3-4,6-7,9-10,12H,5,8,11,13H2,1-2H3,(H,22,24). The van der Waals surface area contributed by atoms with E-state index in [2.05, 4.69) is 10.3 Å². The number of ether oxygens (including phenoxy) is 3. The van der Waals surface area contributed by atoms with Crippen LogP contribution in [0.3, 0.4) is 0 Å². The third-order valence-corrected chi connectivity index (χ3v) is 6.34. The van der Waals surface area contributed by atoms with E-state index in [1.165, 1.54) is 7.11 Å². The highest BCUT2D eigenvalue weighted by Crippen LogP contribution is 2.30. The summed E-state index contributed by atoms with van der Waals surface area (Å²) >= 11 is 3.26. The number of para-hydroxylation sites is 1. The molecule has 1 heterocycles. The Morgan fingerprint density at radius 3 is 2.73 bits per heavy atom. The number of hydrogen-bond acceptors (Lipinski definition) is 8. The maximum atomic E-state index is 12.1. The van der Waals surface area contributed by atoms with Crippen LogP contribution in [0.4, 0.5) is 5.69 Å². The van der Waals surface area contributed by atoms with E-state index in [-0.39, 0.29) is 13.0 Å².